The van der Waals surface area contributed by atoms with Gasteiger partial charge in [-0.15, -0.1) is 0 Å². The second-order valence-electron chi connectivity index (χ2n) is 4.03. The zero-order valence-corrected chi connectivity index (χ0v) is 8.69. The number of anilines is 1. The van der Waals surface area contributed by atoms with Crippen LogP contribution in [0.3, 0.4) is 0 Å². The van der Waals surface area contributed by atoms with Crippen molar-refractivity contribution >= 4 is 5.95 Å². The first kappa shape index (κ1) is 9.52. The van der Waals surface area contributed by atoms with Crippen LogP contribution in [0.15, 0.2) is 12.4 Å². The molecule has 1 aromatic heterocycles. The van der Waals surface area contributed by atoms with Gasteiger partial charge in [0.25, 0.3) is 0 Å². The third kappa shape index (κ3) is 1.75. The summed E-state index contributed by atoms with van der Waals surface area (Å²) >= 11 is 0. The first-order valence-electron chi connectivity index (χ1n) is 5.23. The molecule has 0 spiro atoms. The van der Waals surface area contributed by atoms with Crippen LogP contribution >= 0.6 is 0 Å². The highest BCUT2D eigenvalue weighted by molar-refractivity contribution is 5.31. The number of imidazole rings is 1. The number of piperidine rings is 1. The highest BCUT2D eigenvalue weighted by atomic mass is 15.3. The smallest absolute Gasteiger partial charge is 0.205 e. The summed E-state index contributed by atoms with van der Waals surface area (Å²) in [6.45, 7) is 2.96. The predicted molar refractivity (Wildman–Crippen MR) is 57.2 cm³/mol. The van der Waals surface area contributed by atoms with Crippen molar-refractivity contribution in [1.82, 2.24) is 9.55 Å². The molecule has 4 nitrogen and oxygen atoms in total. The Hall–Kier alpha value is -1.03. The predicted octanol–water partition coefficient (Wildman–Crippen LogP) is 0.595. The molecule has 2 N–H and O–H groups in total. The fourth-order valence-electron chi connectivity index (χ4n) is 2.10. The second kappa shape index (κ2) is 4.00. The molecule has 0 aromatic carbocycles. The molecule has 1 aliphatic rings. The highest BCUT2D eigenvalue weighted by Crippen LogP contribution is 2.20. The minimum Gasteiger partial charge on any atom is -0.342 e. The van der Waals surface area contributed by atoms with Gasteiger partial charge in [0.2, 0.25) is 5.95 Å². The van der Waals surface area contributed by atoms with Crippen molar-refractivity contribution in [3.05, 3.63) is 12.4 Å². The van der Waals surface area contributed by atoms with E-state index in [9.17, 15) is 0 Å². The minimum absolute atomic E-state index is 0.639. The third-order valence-corrected chi connectivity index (χ3v) is 2.93. The topological polar surface area (TPSA) is 47.1 Å². The van der Waals surface area contributed by atoms with Crippen LogP contribution in [0.1, 0.15) is 12.8 Å². The van der Waals surface area contributed by atoms with Gasteiger partial charge >= 0.3 is 0 Å². The van der Waals surface area contributed by atoms with Crippen LogP contribution < -0.4 is 10.6 Å². The quantitative estimate of drug-likeness (QED) is 0.749. The number of hydrogen-bond acceptors (Lipinski definition) is 3. The van der Waals surface area contributed by atoms with E-state index in [1.54, 1.807) is 0 Å². The number of aromatic nitrogens is 2. The van der Waals surface area contributed by atoms with Crippen LogP contribution in [0.25, 0.3) is 0 Å². The van der Waals surface area contributed by atoms with Gasteiger partial charge in [0.05, 0.1) is 0 Å². The number of nitrogens with two attached hydrogens (primary N) is 1. The average molecular weight is 194 g/mol. The van der Waals surface area contributed by atoms with Gasteiger partial charge in [0.15, 0.2) is 0 Å². The summed E-state index contributed by atoms with van der Waals surface area (Å²) in [5.41, 5.74) is 5.70. The van der Waals surface area contributed by atoms with Gasteiger partial charge in [0.1, 0.15) is 0 Å². The second-order valence-corrected chi connectivity index (χ2v) is 4.03. The molecule has 1 unspecified atom stereocenters. The Labute approximate surface area is 84.7 Å². The maximum absolute atomic E-state index is 5.70. The molecule has 78 valence electrons. The van der Waals surface area contributed by atoms with E-state index in [1.807, 2.05) is 19.4 Å². The lowest BCUT2D eigenvalue weighted by atomic mass is 9.99. The Morgan fingerprint density at radius 1 is 1.64 bits per heavy atom. The van der Waals surface area contributed by atoms with Gasteiger partial charge in [-0.1, -0.05) is 0 Å². The van der Waals surface area contributed by atoms with Gasteiger partial charge in [-0.2, -0.15) is 0 Å². The zero-order valence-electron chi connectivity index (χ0n) is 8.69. The van der Waals surface area contributed by atoms with Crippen molar-refractivity contribution < 1.29 is 0 Å². The molecule has 1 atom stereocenters. The largest absolute Gasteiger partial charge is 0.342 e. The average Bonchev–Trinajstić information content (AvgIpc) is 2.65. The summed E-state index contributed by atoms with van der Waals surface area (Å²) in [6.07, 6.45) is 6.33. The Morgan fingerprint density at radius 3 is 3.14 bits per heavy atom. The monoisotopic (exact) mass is 194 g/mol. The number of nitrogens with zero attached hydrogens (tertiary/aromatic N) is 3. The molecule has 1 aromatic rings. The molecule has 4 heteroatoms. The van der Waals surface area contributed by atoms with Crippen molar-refractivity contribution in [3.8, 4) is 0 Å². The van der Waals surface area contributed by atoms with E-state index in [0.717, 1.165) is 25.6 Å². The first-order valence-corrected chi connectivity index (χ1v) is 5.23. The standard InChI is InChI=1S/C10H18N4/c1-13-6-4-12-10(13)14-5-2-3-9(7-11)8-14/h4,6,9H,2-3,5,7-8,11H2,1H3. The summed E-state index contributed by atoms with van der Waals surface area (Å²) in [5, 5.41) is 0. The molecule has 2 heterocycles. The highest BCUT2D eigenvalue weighted by Gasteiger charge is 2.20. The van der Waals surface area contributed by atoms with E-state index in [1.165, 1.54) is 12.8 Å². The van der Waals surface area contributed by atoms with Crippen molar-refractivity contribution in [1.29, 1.82) is 0 Å². The van der Waals surface area contributed by atoms with E-state index in [-0.39, 0.29) is 0 Å². The molecule has 0 aliphatic carbocycles. The van der Waals surface area contributed by atoms with Crippen LogP contribution in [0.5, 0.6) is 0 Å². The number of rotatable bonds is 2. The van der Waals surface area contributed by atoms with Crippen LogP contribution in [0, 0.1) is 5.92 Å². The maximum Gasteiger partial charge on any atom is 0.205 e. The molecule has 0 bridgehead atoms. The van der Waals surface area contributed by atoms with Crippen molar-refractivity contribution in [2.75, 3.05) is 24.5 Å². The number of aryl methyl sites for hydroxylation is 1. The van der Waals surface area contributed by atoms with Gasteiger partial charge in [-0.05, 0) is 25.3 Å². The summed E-state index contributed by atoms with van der Waals surface area (Å²) in [6, 6.07) is 0. The van der Waals surface area contributed by atoms with Gasteiger partial charge in [-0.3, -0.25) is 0 Å². The minimum atomic E-state index is 0.639. The molecule has 0 radical (unpaired) electrons. The van der Waals surface area contributed by atoms with Crippen LogP contribution in [0.4, 0.5) is 5.95 Å². The molecule has 0 amide bonds. The van der Waals surface area contributed by atoms with Gasteiger partial charge in [-0.25, -0.2) is 4.98 Å². The van der Waals surface area contributed by atoms with Gasteiger partial charge in [0, 0.05) is 32.5 Å². The lowest BCUT2D eigenvalue weighted by molar-refractivity contribution is 0.417. The molecule has 1 aliphatic heterocycles. The van der Waals surface area contributed by atoms with Gasteiger partial charge < -0.3 is 15.2 Å². The Bertz CT molecular complexity index is 294. The molecular formula is C10H18N4. The SMILES string of the molecule is Cn1ccnc1N1CCCC(CN)C1. The summed E-state index contributed by atoms with van der Waals surface area (Å²) in [4.78, 5) is 6.69. The van der Waals surface area contributed by atoms with Crippen LogP contribution in [0.2, 0.25) is 0 Å². The molecular weight excluding hydrogens is 176 g/mol. The lowest BCUT2D eigenvalue weighted by Gasteiger charge is -2.32. The van der Waals surface area contributed by atoms with E-state index in [0.29, 0.717) is 5.92 Å². The Balaban J connectivity index is 2.08. The first-order chi connectivity index (χ1) is 6.81. The molecule has 1 saturated heterocycles. The Morgan fingerprint density at radius 2 is 2.50 bits per heavy atom. The molecule has 1 fully saturated rings. The van der Waals surface area contributed by atoms with Crippen LogP contribution in [-0.4, -0.2) is 29.2 Å². The van der Waals surface area contributed by atoms with E-state index in [4.69, 9.17) is 5.73 Å². The molecule has 14 heavy (non-hydrogen) atoms. The normalized spacial score (nSPS) is 22.7. The lowest BCUT2D eigenvalue weighted by Crippen LogP contribution is -2.39. The van der Waals surface area contributed by atoms with E-state index in [2.05, 4.69) is 14.5 Å². The zero-order chi connectivity index (χ0) is 9.97. The summed E-state index contributed by atoms with van der Waals surface area (Å²) in [5.74, 6) is 1.71. The fourth-order valence-corrected chi connectivity index (χ4v) is 2.10. The van der Waals surface area contributed by atoms with Crippen molar-refractivity contribution in [3.63, 3.8) is 0 Å². The molecule has 2 rings (SSSR count). The summed E-state index contributed by atoms with van der Waals surface area (Å²) < 4.78 is 2.07. The van der Waals surface area contributed by atoms with Crippen LogP contribution in [-0.2, 0) is 7.05 Å². The van der Waals surface area contributed by atoms with E-state index >= 15 is 0 Å². The fraction of sp³-hybridized carbons (Fsp3) is 0.700. The Kier molecular flexibility index (Phi) is 2.72. The molecule has 0 saturated carbocycles. The van der Waals surface area contributed by atoms with Crippen molar-refractivity contribution in [2.45, 2.75) is 12.8 Å². The number of hydrogen-bond donors (Lipinski definition) is 1. The van der Waals surface area contributed by atoms with E-state index < -0.39 is 0 Å². The van der Waals surface area contributed by atoms with Crippen molar-refractivity contribution in [2.24, 2.45) is 18.7 Å². The third-order valence-electron chi connectivity index (χ3n) is 2.93. The summed E-state index contributed by atoms with van der Waals surface area (Å²) in [7, 11) is 2.04. The maximum atomic E-state index is 5.70.